The lowest BCUT2D eigenvalue weighted by Crippen LogP contribution is -1.95. The van der Waals surface area contributed by atoms with Crippen LogP contribution in [0.3, 0.4) is 0 Å². The molecule has 0 aliphatic rings. The SMILES string of the molecule is COc1cc(C(F)F)ccc1-c1ncnc2cc(SCl)ccc12. The average molecular weight is 353 g/mol. The Labute approximate surface area is 140 Å². The van der Waals surface area contributed by atoms with Crippen molar-refractivity contribution in [2.24, 2.45) is 0 Å². The van der Waals surface area contributed by atoms with Gasteiger partial charge in [0.25, 0.3) is 6.43 Å². The Hall–Kier alpha value is -1.92. The van der Waals surface area contributed by atoms with Crippen LogP contribution in [0.2, 0.25) is 0 Å². The molecule has 1 aromatic heterocycles. The summed E-state index contributed by atoms with van der Waals surface area (Å²) in [5, 5.41) is 0.796. The Morgan fingerprint density at radius 2 is 1.96 bits per heavy atom. The van der Waals surface area contributed by atoms with E-state index in [-0.39, 0.29) is 5.56 Å². The van der Waals surface area contributed by atoms with Crippen LogP contribution in [0.4, 0.5) is 8.78 Å². The van der Waals surface area contributed by atoms with Crippen LogP contribution in [-0.2, 0) is 0 Å². The number of nitrogens with zero attached hydrogens (tertiary/aromatic N) is 2. The van der Waals surface area contributed by atoms with Crippen molar-refractivity contribution < 1.29 is 13.5 Å². The normalized spacial score (nSPS) is 11.2. The van der Waals surface area contributed by atoms with Gasteiger partial charge in [-0.15, -0.1) is 0 Å². The number of methoxy groups -OCH3 is 1. The first-order chi connectivity index (χ1) is 11.1. The first kappa shape index (κ1) is 16.0. The van der Waals surface area contributed by atoms with E-state index in [1.54, 1.807) is 6.07 Å². The van der Waals surface area contributed by atoms with Gasteiger partial charge >= 0.3 is 0 Å². The number of alkyl halides is 2. The maximum absolute atomic E-state index is 12.9. The van der Waals surface area contributed by atoms with Crippen LogP contribution in [0.15, 0.2) is 47.6 Å². The predicted octanol–water partition coefficient (Wildman–Crippen LogP) is 5.49. The zero-order valence-electron chi connectivity index (χ0n) is 12.0. The summed E-state index contributed by atoms with van der Waals surface area (Å²) >= 11 is 0. The van der Waals surface area contributed by atoms with Gasteiger partial charge in [0.05, 0.1) is 18.3 Å². The number of halogens is 3. The molecule has 23 heavy (non-hydrogen) atoms. The summed E-state index contributed by atoms with van der Waals surface area (Å²) in [5.41, 5.74) is 1.89. The van der Waals surface area contributed by atoms with Gasteiger partial charge in [-0.25, -0.2) is 18.7 Å². The lowest BCUT2D eigenvalue weighted by Gasteiger charge is -2.12. The molecule has 0 spiro atoms. The van der Waals surface area contributed by atoms with Gasteiger partial charge in [-0.2, -0.15) is 0 Å². The summed E-state index contributed by atoms with van der Waals surface area (Å²) in [5.74, 6) is 0.346. The molecule has 118 valence electrons. The molecule has 0 unspecified atom stereocenters. The fourth-order valence-corrected chi connectivity index (χ4v) is 2.90. The van der Waals surface area contributed by atoms with Gasteiger partial charge in [0.1, 0.15) is 12.1 Å². The molecule has 3 aromatic rings. The Balaban J connectivity index is 2.20. The first-order valence-corrected chi connectivity index (χ1v) is 8.28. The molecule has 0 saturated heterocycles. The second-order valence-electron chi connectivity index (χ2n) is 4.74. The number of rotatable bonds is 4. The Morgan fingerprint density at radius 1 is 1.13 bits per heavy atom. The van der Waals surface area contributed by atoms with Crippen LogP contribution in [0, 0.1) is 0 Å². The smallest absolute Gasteiger partial charge is 0.263 e. The van der Waals surface area contributed by atoms with E-state index in [2.05, 4.69) is 9.97 Å². The van der Waals surface area contributed by atoms with Gasteiger partial charge in [0.2, 0.25) is 0 Å². The minimum Gasteiger partial charge on any atom is -0.496 e. The number of hydrogen-bond donors (Lipinski definition) is 0. The van der Waals surface area contributed by atoms with Crippen LogP contribution < -0.4 is 4.74 Å². The number of aromatic nitrogens is 2. The lowest BCUT2D eigenvalue weighted by molar-refractivity contribution is 0.151. The average Bonchev–Trinajstić information content (AvgIpc) is 2.60. The third-order valence-electron chi connectivity index (χ3n) is 3.43. The molecule has 0 amide bonds. The van der Waals surface area contributed by atoms with Crippen molar-refractivity contribution in [2.75, 3.05) is 7.11 Å². The van der Waals surface area contributed by atoms with Crippen molar-refractivity contribution in [1.29, 1.82) is 0 Å². The molecule has 0 atom stereocenters. The molecule has 0 aliphatic carbocycles. The van der Waals surface area contributed by atoms with Crippen LogP contribution >= 0.6 is 21.7 Å². The predicted molar refractivity (Wildman–Crippen MR) is 88.2 cm³/mol. The van der Waals surface area contributed by atoms with Crippen molar-refractivity contribution in [2.45, 2.75) is 11.3 Å². The van der Waals surface area contributed by atoms with E-state index in [1.165, 1.54) is 25.6 Å². The summed E-state index contributed by atoms with van der Waals surface area (Å²) in [6.07, 6.45) is -1.12. The highest BCUT2D eigenvalue weighted by molar-refractivity contribution is 8.21. The molecule has 0 radical (unpaired) electrons. The van der Waals surface area contributed by atoms with Crippen molar-refractivity contribution in [3.8, 4) is 17.0 Å². The van der Waals surface area contributed by atoms with Gasteiger partial charge in [-0.1, -0.05) is 6.07 Å². The molecule has 3 nitrogen and oxygen atoms in total. The van der Waals surface area contributed by atoms with Crippen LogP contribution in [-0.4, -0.2) is 17.1 Å². The molecule has 0 fully saturated rings. The summed E-state index contributed by atoms with van der Waals surface area (Å²) in [7, 11) is 8.31. The van der Waals surface area contributed by atoms with Gasteiger partial charge < -0.3 is 4.74 Å². The maximum Gasteiger partial charge on any atom is 0.263 e. The highest BCUT2D eigenvalue weighted by Crippen LogP contribution is 2.36. The summed E-state index contributed by atoms with van der Waals surface area (Å²) in [6.45, 7) is 0. The number of ether oxygens (including phenoxy) is 1. The molecular weight excluding hydrogens is 342 g/mol. The molecule has 0 N–H and O–H groups in total. The summed E-state index contributed by atoms with van der Waals surface area (Å²) in [4.78, 5) is 9.40. The highest BCUT2D eigenvalue weighted by Gasteiger charge is 2.15. The van der Waals surface area contributed by atoms with E-state index in [0.29, 0.717) is 17.0 Å². The highest BCUT2D eigenvalue weighted by atomic mass is 35.7. The fraction of sp³-hybridized carbons (Fsp3) is 0.125. The molecule has 0 bridgehead atoms. The Morgan fingerprint density at radius 3 is 2.65 bits per heavy atom. The van der Waals surface area contributed by atoms with Crippen LogP contribution in [0.25, 0.3) is 22.2 Å². The van der Waals surface area contributed by atoms with Crippen molar-refractivity contribution in [3.05, 3.63) is 48.3 Å². The van der Waals surface area contributed by atoms with E-state index < -0.39 is 6.43 Å². The van der Waals surface area contributed by atoms with Crippen molar-refractivity contribution in [3.63, 3.8) is 0 Å². The maximum atomic E-state index is 12.9. The minimum atomic E-state index is -2.55. The van der Waals surface area contributed by atoms with E-state index >= 15 is 0 Å². The van der Waals surface area contributed by atoms with Crippen molar-refractivity contribution >= 4 is 32.6 Å². The number of fused-ring (bicyclic) bond motifs is 1. The lowest BCUT2D eigenvalue weighted by atomic mass is 10.0. The largest absolute Gasteiger partial charge is 0.496 e. The van der Waals surface area contributed by atoms with Crippen molar-refractivity contribution in [1.82, 2.24) is 9.97 Å². The van der Waals surface area contributed by atoms with Crippen LogP contribution in [0.1, 0.15) is 12.0 Å². The van der Waals surface area contributed by atoms with E-state index in [1.807, 2.05) is 18.2 Å². The third-order valence-corrected chi connectivity index (χ3v) is 4.40. The second-order valence-corrected chi connectivity index (χ2v) is 5.83. The zero-order valence-corrected chi connectivity index (χ0v) is 13.5. The molecule has 2 aromatic carbocycles. The molecule has 7 heteroatoms. The summed E-state index contributed by atoms with van der Waals surface area (Å²) in [6, 6.07) is 9.85. The van der Waals surface area contributed by atoms with Gasteiger partial charge in [-0.05, 0) is 52.0 Å². The van der Waals surface area contributed by atoms with E-state index in [9.17, 15) is 8.78 Å². The fourth-order valence-electron chi connectivity index (χ4n) is 2.34. The molecule has 1 heterocycles. The first-order valence-electron chi connectivity index (χ1n) is 6.64. The topological polar surface area (TPSA) is 35.0 Å². The Kier molecular flexibility index (Phi) is 4.63. The van der Waals surface area contributed by atoms with E-state index in [0.717, 1.165) is 26.8 Å². The van der Waals surface area contributed by atoms with Gasteiger partial charge in [0.15, 0.2) is 0 Å². The standard InChI is InChI=1S/C16H11ClF2N2OS/c1-22-14-6-9(16(18)19)2-4-12(14)15-11-5-3-10(23-17)7-13(11)20-8-21-15/h2-8,16H,1H3. The van der Waals surface area contributed by atoms with Crippen LogP contribution in [0.5, 0.6) is 5.75 Å². The molecule has 0 saturated carbocycles. The van der Waals surface area contributed by atoms with Gasteiger partial charge in [-0.3, -0.25) is 0 Å². The number of hydrogen-bond acceptors (Lipinski definition) is 4. The van der Waals surface area contributed by atoms with E-state index in [4.69, 9.17) is 15.4 Å². The quantitative estimate of drug-likeness (QED) is 0.622. The number of benzene rings is 2. The summed E-state index contributed by atoms with van der Waals surface area (Å²) < 4.78 is 31.0. The molecule has 3 rings (SSSR count). The third kappa shape index (κ3) is 3.09. The van der Waals surface area contributed by atoms with Gasteiger partial charge in [0, 0.05) is 21.4 Å². The minimum absolute atomic E-state index is 0.0928. The monoisotopic (exact) mass is 352 g/mol. The molecular formula is C16H11ClF2N2OS. The second kappa shape index (κ2) is 6.68. The Bertz CT molecular complexity index is 861. The molecule has 0 aliphatic heterocycles. The zero-order chi connectivity index (χ0) is 16.4.